The molecule has 5 nitrogen and oxygen atoms in total. The Morgan fingerprint density at radius 3 is 2.38 bits per heavy atom. The number of nitrogens with one attached hydrogen (secondary N) is 2. The highest BCUT2D eigenvalue weighted by Crippen LogP contribution is 2.27. The molecule has 0 saturated carbocycles. The van der Waals surface area contributed by atoms with E-state index in [1.807, 2.05) is 12.1 Å². The normalized spacial score (nSPS) is 10.6. The lowest BCUT2D eigenvalue weighted by Crippen LogP contribution is -2.16. The van der Waals surface area contributed by atoms with Gasteiger partial charge in [-0.2, -0.15) is 0 Å². The molecule has 0 aliphatic carbocycles. The lowest BCUT2D eigenvalue weighted by atomic mass is 10.1. The zero-order valence-corrected chi connectivity index (χ0v) is 15.7. The number of halogens is 2. The summed E-state index contributed by atoms with van der Waals surface area (Å²) < 4.78 is 6.58. The van der Waals surface area contributed by atoms with Crippen molar-refractivity contribution in [3.63, 3.8) is 0 Å². The van der Waals surface area contributed by atoms with Gasteiger partial charge in [-0.3, -0.25) is 4.79 Å². The number of ether oxygens (including phenoxy) is 1. The predicted octanol–water partition coefficient (Wildman–Crippen LogP) is 4.73. The quantitative estimate of drug-likeness (QED) is 0.565. The van der Waals surface area contributed by atoms with Gasteiger partial charge in [0, 0.05) is 25.5 Å². The van der Waals surface area contributed by atoms with Crippen molar-refractivity contribution in [2.75, 3.05) is 12.4 Å². The molecule has 0 spiro atoms. The number of aromatic amines is 1. The Labute approximate surface area is 154 Å². The van der Waals surface area contributed by atoms with Crippen molar-refractivity contribution >= 4 is 60.3 Å². The maximum atomic E-state index is 12.6. The second kappa shape index (κ2) is 6.78. The molecule has 7 heteroatoms. The summed E-state index contributed by atoms with van der Waals surface area (Å²) >= 11 is 6.72. The van der Waals surface area contributed by atoms with Crippen molar-refractivity contribution in [1.29, 1.82) is 0 Å². The number of rotatable bonds is 3. The van der Waals surface area contributed by atoms with Crippen LogP contribution in [0.1, 0.15) is 20.8 Å². The van der Waals surface area contributed by atoms with E-state index in [1.165, 1.54) is 7.11 Å². The summed E-state index contributed by atoms with van der Waals surface area (Å²) in [5.74, 6) is -0.977. The van der Waals surface area contributed by atoms with Crippen molar-refractivity contribution in [1.82, 2.24) is 4.98 Å². The summed E-state index contributed by atoms with van der Waals surface area (Å²) in [5.41, 5.74) is 1.68. The molecule has 3 aromatic rings. The van der Waals surface area contributed by atoms with Gasteiger partial charge < -0.3 is 15.0 Å². The van der Waals surface area contributed by atoms with Gasteiger partial charge in [-0.1, -0.05) is 37.9 Å². The molecular weight excluding hydrogens is 440 g/mol. The molecule has 2 aromatic carbocycles. The molecule has 1 aromatic heterocycles. The molecule has 1 heterocycles. The first-order valence-electron chi connectivity index (χ1n) is 6.96. The Kier molecular flexibility index (Phi) is 4.73. The molecule has 3 rings (SSSR count). The number of hydrogen-bond acceptors (Lipinski definition) is 3. The van der Waals surface area contributed by atoms with E-state index < -0.39 is 11.9 Å². The van der Waals surface area contributed by atoms with Crippen LogP contribution in [0.3, 0.4) is 0 Å². The number of aromatic nitrogens is 1. The Hall–Kier alpha value is -2.12. The summed E-state index contributed by atoms with van der Waals surface area (Å²) in [6.45, 7) is 0. The number of fused-ring (bicyclic) bond motifs is 1. The van der Waals surface area contributed by atoms with E-state index in [0.717, 1.165) is 8.95 Å². The highest BCUT2D eigenvalue weighted by Gasteiger charge is 2.24. The first kappa shape index (κ1) is 16.7. The Morgan fingerprint density at radius 1 is 1.04 bits per heavy atom. The fourth-order valence-corrected chi connectivity index (χ4v) is 3.01. The van der Waals surface area contributed by atoms with E-state index in [-0.39, 0.29) is 11.3 Å². The molecule has 0 saturated heterocycles. The second-order valence-electron chi connectivity index (χ2n) is 5.02. The lowest BCUT2D eigenvalue weighted by molar-refractivity contribution is 0.0599. The van der Waals surface area contributed by atoms with Crippen LogP contribution in [0.4, 0.5) is 5.69 Å². The van der Waals surface area contributed by atoms with Crippen LogP contribution < -0.4 is 5.32 Å². The largest absolute Gasteiger partial charge is 0.465 e. The van der Waals surface area contributed by atoms with Crippen LogP contribution in [-0.2, 0) is 4.74 Å². The van der Waals surface area contributed by atoms with Crippen LogP contribution in [0.15, 0.2) is 51.4 Å². The van der Waals surface area contributed by atoms with Gasteiger partial charge in [-0.05, 0) is 36.4 Å². The Morgan fingerprint density at radius 2 is 1.71 bits per heavy atom. The van der Waals surface area contributed by atoms with Crippen molar-refractivity contribution in [3.8, 4) is 0 Å². The third kappa shape index (κ3) is 3.22. The molecular formula is C17H12Br2N2O3. The first-order valence-corrected chi connectivity index (χ1v) is 8.54. The van der Waals surface area contributed by atoms with Crippen molar-refractivity contribution < 1.29 is 14.3 Å². The smallest absolute Gasteiger partial charge is 0.340 e. The molecule has 122 valence electrons. The van der Waals surface area contributed by atoms with Crippen LogP contribution >= 0.6 is 31.9 Å². The van der Waals surface area contributed by atoms with Crippen LogP contribution in [0.2, 0.25) is 0 Å². The highest BCUT2D eigenvalue weighted by molar-refractivity contribution is 9.10. The van der Waals surface area contributed by atoms with Gasteiger partial charge in [-0.25, -0.2) is 4.79 Å². The average Bonchev–Trinajstić information content (AvgIpc) is 2.94. The number of methoxy groups -OCH3 is 1. The fraction of sp³-hybridized carbons (Fsp3) is 0.0588. The fourth-order valence-electron chi connectivity index (χ4n) is 2.38. The maximum Gasteiger partial charge on any atom is 0.340 e. The number of carbonyl (C=O) groups excluding carboxylic acids is 2. The molecule has 0 unspecified atom stereocenters. The van der Waals surface area contributed by atoms with E-state index in [0.29, 0.717) is 16.6 Å². The van der Waals surface area contributed by atoms with Crippen LogP contribution in [0.5, 0.6) is 0 Å². The van der Waals surface area contributed by atoms with E-state index >= 15 is 0 Å². The zero-order valence-electron chi connectivity index (χ0n) is 12.5. The molecule has 0 bridgehead atoms. The summed E-state index contributed by atoms with van der Waals surface area (Å²) in [4.78, 5) is 27.8. The number of esters is 1. The van der Waals surface area contributed by atoms with Gasteiger partial charge in [0.15, 0.2) is 0 Å². The number of hydrogen-bond donors (Lipinski definition) is 2. The van der Waals surface area contributed by atoms with Gasteiger partial charge in [0.25, 0.3) is 5.91 Å². The zero-order chi connectivity index (χ0) is 17.3. The third-order valence-corrected chi connectivity index (χ3v) is 4.50. The maximum absolute atomic E-state index is 12.6. The number of anilines is 1. The second-order valence-corrected chi connectivity index (χ2v) is 6.85. The predicted molar refractivity (Wildman–Crippen MR) is 99.4 cm³/mol. The first-order chi connectivity index (χ1) is 11.5. The lowest BCUT2D eigenvalue weighted by Gasteiger charge is -2.06. The van der Waals surface area contributed by atoms with Crippen LogP contribution in [0, 0.1) is 0 Å². The van der Waals surface area contributed by atoms with E-state index in [2.05, 4.69) is 42.2 Å². The Bertz CT molecular complexity index is 933. The Balaban J connectivity index is 2.05. The third-order valence-electron chi connectivity index (χ3n) is 3.48. The van der Waals surface area contributed by atoms with E-state index in [1.54, 1.807) is 30.3 Å². The minimum Gasteiger partial charge on any atom is -0.465 e. The van der Waals surface area contributed by atoms with Crippen molar-refractivity contribution in [2.45, 2.75) is 0 Å². The minimum atomic E-state index is -0.565. The van der Waals surface area contributed by atoms with Gasteiger partial charge in [0.05, 0.1) is 12.7 Å². The van der Waals surface area contributed by atoms with Gasteiger partial charge >= 0.3 is 5.97 Å². The molecule has 0 fully saturated rings. The summed E-state index contributed by atoms with van der Waals surface area (Å²) in [6, 6.07) is 12.5. The molecule has 0 aliphatic heterocycles. The van der Waals surface area contributed by atoms with Crippen molar-refractivity contribution in [3.05, 3.63) is 62.7 Å². The van der Waals surface area contributed by atoms with E-state index in [9.17, 15) is 9.59 Å². The van der Waals surface area contributed by atoms with E-state index in [4.69, 9.17) is 4.74 Å². The van der Waals surface area contributed by atoms with Crippen molar-refractivity contribution in [2.24, 2.45) is 0 Å². The molecule has 0 aliphatic rings. The topological polar surface area (TPSA) is 71.2 Å². The molecule has 24 heavy (non-hydrogen) atoms. The number of carbonyl (C=O) groups is 2. The number of H-pyrrole nitrogens is 1. The van der Waals surface area contributed by atoms with Gasteiger partial charge in [0.2, 0.25) is 0 Å². The summed E-state index contributed by atoms with van der Waals surface area (Å²) in [7, 11) is 1.29. The minimum absolute atomic E-state index is 0.165. The average molecular weight is 452 g/mol. The molecule has 2 N–H and O–H groups in total. The summed E-state index contributed by atoms with van der Waals surface area (Å²) in [5, 5.41) is 3.40. The summed E-state index contributed by atoms with van der Waals surface area (Å²) in [6.07, 6.45) is 0. The molecule has 0 radical (unpaired) electrons. The standard InChI is InChI=1S/C17H12Br2N2O3/c1-24-17(23)14-12-7-4-10(19)8-13(12)21-15(14)16(22)20-11-5-2-9(18)3-6-11/h2-8,21H,1H3,(H,20,22). The molecule has 1 amide bonds. The highest BCUT2D eigenvalue weighted by atomic mass is 79.9. The SMILES string of the molecule is COC(=O)c1c(C(=O)Nc2ccc(Br)cc2)[nH]c2cc(Br)ccc12. The monoisotopic (exact) mass is 450 g/mol. The van der Waals surface area contributed by atoms with Crippen LogP contribution in [0.25, 0.3) is 10.9 Å². The molecule has 0 atom stereocenters. The number of benzene rings is 2. The van der Waals surface area contributed by atoms with Gasteiger partial charge in [0.1, 0.15) is 5.69 Å². The van der Waals surface area contributed by atoms with Gasteiger partial charge in [-0.15, -0.1) is 0 Å². The van der Waals surface area contributed by atoms with Crippen LogP contribution in [-0.4, -0.2) is 24.0 Å². The number of amides is 1.